The van der Waals surface area contributed by atoms with Crippen molar-refractivity contribution in [2.45, 2.75) is 6.61 Å². The first kappa shape index (κ1) is 20.0. The van der Waals surface area contributed by atoms with Gasteiger partial charge in [0.25, 0.3) is 0 Å². The summed E-state index contributed by atoms with van der Waals surface area (Å²) in [6.07, 6.45) is 5.25. The van der Waals surface area contributed by atoms with Crippen LogP contribution >= 0.6 is 11.6 Å². The van der Waals surface area contributed by atoms with Crippen molar-refractivity contribution in [3.05, 3.63) is 77.7 Å². The lowest BCUT2D eigenvalue weighted by Gasteiger charge is -2.35. The SMILES string of the molecule is O=C(Nc1ccc(Cl)cc1)N1CCN(c2ncccc2OCc2ccncc2)CC1. The van der Waals surface area contributed by atoms with Crippen LogP contribution in [0.3, 0.4) is 0 Å². The molecule has 1 fully saturated rings. The number of pyridine rings is 2. The van der Waals surface area contributed by atoms with Gasteiger partial charge in [-0.25, -0.2) is 9.78 Å². The Morgan fingerprint density at radius 1 is 1.00 bits per heavy atom. The summed E-state index contributed by atoms with van der Waals surface area (Å²) in [7, 11) is 0. The largest absolute Gasteiger partial charge is 0.485 e. The quantitative estimate of drug-likeness (QED) is 0.670. The smallest absolute Gasteiger partial charge is 0.321 e. The lowest BCUT2D eigenvalue weighted by Crippen LogP contribution is -2.50. The first-order valence-electron chi connectivity index (χ1n) is 9.72. The molecule has 0 saturated carbocycles. The monoisotopic (exact) mass is 423 g/mol. The van der Waals surface area contributed by atoms with Crippen molar-refractivity contribution in [1.82, 2.24) is 14.9 Å². The minimum absolute atomic E-state index is 0.118. The highest BCUT2D eigenvalue weighted by Crippen LogP contribution is 2.27. The number of hydrogen-bond donors (Lipinski definition) is 1. The van der Waals surface area contributed by atoms with Crippen LogP contribution in [0.2, 0.25) is 5.02 Å². The molecule has 3 heterocycles. The number of urea groups is 1. The van der Waals surface area contributed by atoms with Crippen molar-refractivity contribution in [3.8, 4) is 5.75 Å². The third-order valence-electron chi connectivity index (χ3n) is 4.86. The summed E-state index contributed by atoms with van der Waals surface area (Å²) >= 11 is 5.89. The highest BCUT2D eigenvalue weighted by atomic mass is 35.5. The fourth-order valence-corrected chi connectivity index (χ4v) is 3.36. The van der Waals surface area contributed by atoms with Gasteiger partial charge in [-0.05, 0) is 54.1 Å². The molecule has 30 heavy (non-hydrogen) atoms. The molecule has 2 amide bonds. The molecule has 3 aromatic rings. The van der Waals surface area contributed by atoms with E-state index in [1.54, 1.807) is 47.8 Å². The second kappa shape index (κ2) is 9.45. The Morgan fingerprint density at radius 3 is 2.47 bits per heavy atom. The van der Waals surface area contributed by atoms with E-state index in [2.05, 4.69) is 20.2 Å². The van der Waals surface area contributed by atoms with Crippen molar-refractivity contribution in [2.75, 3.05) is 36.4 Å². The average molecular weight is 424 g/mol. The van der Waals surface area contributed by atoms with Crippen LogP contribution < -0.4 is 15.0 Å². The number of benzene rings is 1. The van der Waals surface area contributed by atoms with Crippen molar-refractivity contribution in [1.29, 1.82) is 0 Å². The van der Waals surface area contributed by atoms with E-state index in [0.717, 1.165) is 22.8 Å². The molecule has 4 rings (SSSR count). The van der Waals surface area contributed by atoms with E-state index in [0.29, 0.717) is 37.8 Å². The molecule has 0 radical (unpaired) electrons. The Hall–Kier alpha value is -3.32. The number of ether oxygens (including phenoxy) is 1. The summed E-state index contributed by atoms with van der Waals surface area (Å²) in [5, 5.41) is 3.55. The van der Waals surface area contributed by atoms with Crippen LogP contribution in [0.15, 0.2) is 67.1 Å². The molecule has 2 aromatic heterocycles. The van der Waals surface area contributed by atoms with Crippen molar-refractivity contribution in [3.63, 3.8) is 0 Å². The number of aromatic nitrogens is 2. The summed E-state index contributed by atoms with van der Waals surface area (Å²) < 4.78 is 6.00. The minimum Gasteiger partial charge on any atom is -0.485 e. The summed E-state index contributed by atoms with van der Waals surface area (Å²) in [6.45, 7) is 3.00. The topological polar surface area (TPSA) is 70.6 Å². The maximum atomic E-state index is 12.5. The van der Waals surface area contributed by atoms with Crippen molar-refractivity contribution in [2.24, 2.45) is 0 Å². The second-order valence-corrected chi connectivity index (χ2v) is 7.32. The first-order valence-corrected chi connectivity index (χ1v) is 10.1. The van der Waals surface area contributed by atoms with E-state index in [9.17, 15) is 4.79 Å². The molecule has 1 aromatic carbocycles. The number of piperazine rings is 1. The average Bonchev–Trinajstić information content (AvgIpc) is 2.80. The normalized spacial score (nSPS) is 13.8. The Balaban J connectivity index is 1.34. The number of anilines is 2. The predicted molar refractivity (Wildman–Crippen MR) is 117 cm³/mol. The highest BCUT2D eigenvalue weighted by molar-refractivity contribution is 6.30. The van der Waals surface area contributed by atoms with Gasteiger partial charge in [0.2, 0.25) is 0 Å². The molecule has 154 valence electrons. The van der Waals surface area contributed by atoms with E-state index < -0.39 is 0 Å². The van der Waals surface area contributed by atoms with Crippen LogP contribution in [-0.4, -0.2) is 47.1 Å². The van der Waals surface area contributed by atoms with Crippen LogP contribution in [0.4, 0.5) is 16.3 Å². The molecular weight excluding hydrogens is 402 g/mol. The molecule has 1 saturated heterocycles. The fourth-order valence-electron chi connectivity index (χ4n) is 3.23. The first-order chi connectivity index (χ1) is 14.7. The molecule has 0 aliphatic carbocycles. The Kier molecular flexibility index (Phi) is 6.29. The molecule has 1 aliphatic rings. The molecule has 1 aliphatic heterocycles. The van der Waals surface area contributed by atoms with Gasteiger partial charge in [0.15, 0.2) is 11.6 Å². The van der Waals surface area contributed by atoms with Crippen LogP contribution in [0.5, 0.6) is 5.75 Å². The zero-order valence-electron chi connectivity index (χ0n) is 16.4. The number of nitrogens with one attached hydrogen (secondary N) is 1. The van der Waals surface area contributed by atoms with Crippen molar-refractivity contribution < 1.29 is 9.53 Å². The molecule has 7 nitrogen and oxygen atoms in total. The summed E-state index contributed by atoms with van der Waals surface area (Å²) in [6, 6.07) is 14.6. The van der Waals surface area contributed by atoms with E-state index in [4.69, 9.17) is 16.3 Å². The Labute approximate surface area is 180 Å². The maximum Gasteiger partial charge on any atom is 0.321 e. The van der Waals surface area contributed by atoms with Gasteiger partial charge in [-0.3, -0.25) is 4.98 Å². The summed E-state index contributed by atoms with van der Waals surface area (Å²) in [5.74, 6) is 1.53. The number of rotatable bonds is 5. The molecular formula is C22H22ClN5O2. The maximum absolute atomic E-state index is 12.5. The summed E-state index contributed by atoms with van der Waals surface area (Å²) in [5.41, 5.74) is 1.77. The third kappa shape index (κ3) is 4.99. The standard InChI is InChI=1S/C22H22ClN5O2/c23-18-3-5-19(6-4-18)26-22(29)28-14-12-27(13-15-28)21-20(2-1-9-25-21)30-16-17-7-10-24-11-8-17/h1-11H,12-16H2,(H,26,29). The van der Waals surface area contributed by atoms with Gasteiger partial charge in [0, 0.05) is 55.5 Å². The Morgan fingerprint density at radius 2 is 1.73 bits per heavy atom. The number of amides is 2. The van der Waals surface area contributed by atoms with Gasteiger partial charge < -0.3 is 19.9 Å². The van der Waals surface area contributed by atoms with Crippen LogP contribution in [-0.2, 0) is 6.61 Å². The van der Waals surface area contributed by atoms with Gasteiger partial charge in [0.1, 0.15) is 6.61 Å². The van der Waals surface area contributed by atoms with Gasteiger partial charge in [0.05, 0.1) is 0 Å². The van der Waals surface area contributed by atoms with E-state index in [-0.39, 0.29) is 6.03 Å². The van der Waals surface area contributed by atoms with Crippen LogP contribution in [0.1, 0.15) is 5.56 Å². The van der Waals surface area contributed by atoms with Crippen molar-refractivity contribution >= 4 is 29.1 Å². The lowest BCUT2D eigenvalue weighted by atomic mass is 10.3. The number of nitrogens with zero attached hydrogens (tertiary/aromatic N) is 4. The molecule has 0 unspecified atom stereocenters. The van der Waals surface area contributed by atoms with Crippen LogP contribution in [0, 0.1) is 0 Å². The molecule has 0 spiro atoms. The number of carbonyl (C=O) groups is 1. The summed E-state index contributed by atoms with van der Waals surface area (Å²) in [4.78, 5) is 25.0. The number of halogens is 1. The van der Waals surface area contributed by atoms with Gasteiger partial charge in [-0.15, -0.1) is 0 Å². The number of carbonyl (C=O) groups excluding carboxylic acids is 1. The van der Waals surface area contributed by atoms with Gasteiger partial charge in [-0.1, -0.05) is 11.6 Å². The predicted octanol–water partition coefficient (Wildman–Crippen LogP) is 4.06. The van der Waals surface area contributed by atoms with E-state index >= 15 is 0 Å². The minimum atomic E-state index is -0.118. The zero-order valence-corrected chi connectivity index (χ0v) is 17.1. The van der Waals surface area contributed by atoms with E-state index in [1.807, 2.05) is 24.3 Å². The molecule has 0 atom stereocenters. The van der Waals surface area contributed by atoms with Crippen LogP contribution in [0.25, 0.3) is 0 Å². The zero-order chi connectivity index (χ0) is 20.8. The highest BCUT2D eigenvalue weighted by Gasteiger charge is 2.24. The second-order valence-electron chi connectivity index (χ2n) is 6.88. The van der Waals surface area contributed by atoms with E-state index in [1.165, 1.54) is 0 Å². The third-order valence-corrected chi connectivity index (χ3v) is 5.11. The molecule has 8 heteroatoms. The Bertz CT molecular complexity index is 976. The number of hydrogen-bond acceptors (Lipinski definition) is 5. The lowest BCUT2D eigenvalue weighted by molar-refractivity contribution is 0.208. The van der Waals surface area contributed by atoms with Gasteiger partial charge in [-0.2, -0.15) is 0 Å². The fraction of sp³-hybridized carbons (Fsp3) is 0.227. The van der Waals surface area contributed by atoms with Gasteiger partial charge >= 0.3 is 6.03 Å². The molecule has 1 N–H and O–H groups in total. The molecule has 0 bridgehead atoms.